The second-order valence-electron chi connectivity index (χ2n) is 5.84. The monoisotopic (exact) mass is 318 g/mol. The summed E-state index contributed by atoms with van der Waals surface area (Å²) >= 11 is 0. The Bertz CT molecular complexity index is 994. The predicted octanol–water partition coefficient (Wildman–Crippen LogP) is 3.34. The van der Waals surface area contributed by atoms with E-state index in [1.807, 2.05) is 72.1 Å². The number of nitrogens with one attached hydrogen (secondary N) is 1. The molecule has 2 aromatic carbocycles. The van der Waals surface area contributed by atoms with Crippen LogP contribution in [-0.2, 0) is 0 Å². The maximum Gasteiger partial charge on any atom is 0.158 e. The number of hydrogen-bond acceptors (Lipinski definition) is 4. The van der Waals surface area contributed by atoms with Crippen molar-refractivity contribution in [3.63, 3.8) is 0 Å². The molecule has 0 saturated carbocycles. The quantitative estimate of drug-likeness (QED) is 0.606. The molecule has 0 bridgehead atoms. The predicted molar refractivity (Wildman–Crippen MR) is 95.1 cm³/mol. The van der Waals surface area contributed by atoms with Gasteiger partial charge >= 0.3 is 0 Å². The number of para-hydroxylation sites is 1. The molecule has 0 fully saturated rings. The van der Waals surface area contributed by atoms with Crippen molar-refractivity contribution in [3.8, 4) is 0 Å². The van der Waals surface area contributed by atoms with Gasteiger partial charge in [-0.2, -0.15) is 5.10 Å². The van der Waals surface area contributed by atoms with Crippen molar-refractivity contribution in [2.45, 2.75) is 13.0 Å². The molecule has 2 N–H and O–H groups in total. The Morgan fingerprint density at radius 3 is 2.67 bits per heavy atom. The summed E-state index contributed by atoms with van der Waals surface area (Å²) in [6, 6.07) is 19.6. The third kappa shape index (κ3) is 2.59. The number of aliphatic hydroxyl groups excluding tert-OH is 1. The van der Waals surface area contributed by atoms with Gasteiger partial charge in [-0.25, -0.2) is 9.50 Å². The molecule has 4 aromatic rings. The van der Waals surface area contributed by atoms with Crippen LogP contribution in [0.25, 0.3) is 16.6 Å². The lowest BCUT2D eigenvalue weighted by Gasteiger charge is -2.14. The highest BCUT2D eigenvalue weighted by Crippen LogP contribution is 2.24. The third-order valence-corrected chi connectivity index (χ3v) is 4.07. The first-order valence-corrected chi connectivity index (χ1v) is 7.94. The number of aromatic nitrogens is 3. The fourth-order valence-corrected chi connectivity index (χ4v) is 2.90. The van der Waals surface area contributed by atoms with Gasteiger partial charge in [-0.3, -0.25) is 0 Å². The maximum atomic E-state index is 10.4. The van der Waals surface area contributed by atoms with Gasteiger partial charge in [-0.1, -0.05) is 42.5 Å². The Balaban J connectivity index is 1.70. The Kier molecular flexibility index (Phi) is 3.63. The minimum Gasteiger partial charge on any atom is -0.387 e. The van der Waals surface area contributed by atoms with Gasteiger partial charge in [0.15, 0.2) is 5.65 Å². The van der Waals surface area contributed by atoms with E-state index in [0.717, 1.165) is 33.6 Å². The second-order valence-corrected chi connectivity index (χ2v) is 5.84. The van der Waals surface area contributed by atoms with Crippen LogP contribution in [0.5, 0.6) is 0 Å². The fourth-order valence-electron chi connectivity index (χ4n) is 2.90. The Hall–Kier alpha value is -2.92. The summed E-state index contributed by atoms with van der Waals surface area (Å²) in [7, 11) is 0. The molecule has 0 aliphatic rings. The first kappa shape index (κ1) is 14.7. The molecular formula is C19H18N4O. The molecule has 2 heterocycles. The van der Waals surface area contributed by atoms with Crippen LogP contribution >= 0.6 is 0 Å². The maximum absolute atomic E-state index is 10.4. The standard InChI is InChI=1S/C19H18N4O/c1-13-11-18-21-19(15-9-5-6-10-16(15)23(18)22-13)20-12-17(24)14-7-3-2-4-8-14/h2-11,17,24H,12H2,1H3,(H,20,21)/t17-/m1/s1. The van der Waals surface area contributed by atoms with Crippen LogP contribution in [0.1, 0.15) is 17.4 Å². The van der Waals surface area contributed by atoms with Crippen LogP contribution in [0, 0.1) is 6.92 Å². The molecule has 0 radical (unpaired) electrons. The molecule has 1 atom stereocenters. The summed E-state index contributed by atoms with van der Waals surface area (Å²) < 4.78 is 1.85. The lowest BCUT2D eigenvalue weighted by Crippen LogP contribution is -2.13. The van der Waals surface area contributed by atoms with E-state index in [-0.39, 0.29) is 0 Å². The van der Waals surface area contributed by atoms with E-state index in [4.69, 9.17) is 0 Å². The second kappa shape index (κ2) is 5.94. The number of anilines is 1. The Morgan fingerprint density at radius 2 is 1.83 bits per heavy atom. The molecule has 5 heteroatoms. The van der Waals surface area contributed by atoms with Crippen LogP contribution in [0.2, 0.25) is 0 Å². The topological polar surface area (TPSA) is 62.5 Å². The highest BCUT2D eigenvalue weighted by molar-refractivity contribution is 5.91. The van der Waals surface area contributed by atoms with Gasteiger partial charge in [0.2, 0.25) is 0 Å². The summed E-state index contributed by atoms with van der Waals surface area (Å²) in [6.07, 6.45) is -0.588. The molecule has 4 rings (SSSR count). The van der Waals surface area contributed by atoms with Crippen molar-refractivity contribution in [3.05, 3.63) is 71.9 Å². The lowest BCUT2D eigenvalue weighted by atomic mass is 10.1. The van der Waals surface area contributed by atoms with Crippen LogP contribution < -0.4 is 5.32 Å². The first-order valence-electron chi connectivity index (χ1n) is 7.94. The zero-order valence-electron chi connectivity index (χ0n) is 13.3. The third-order valence-electron chi connectivity index (χ3n) is 4.07. The lowest BCUT2D eigenvalue weighted by molar-refractivity contribution is 0.191. The molecule has 0 aliphatic heterocycles. The van der Waals surface area contributed by atoms with Gasteiger partial charge < -0.3 is 10.4 Å². The van der Waals surface area contributed by atoms with Gasteiger partial charge in [0, 0.05) is 18.0 Å². The van der Waals surface area contributed by atoms with E-state index in [2.05, 4.69) is 15.4 Å². The van der Waals surface area contributed by atoms with Gasteiger partial charge in [0.05, 0.1) is 17.3 Å². The Morgan fingerprint density at radius 1 is 1.08 bits per heavy atom. The Labute approximate surface area is 139 Å². The zero-order valence-corrected chi connectivity index (χ0v) is 13.3. The molecule has 0 spiro atoms. The van der Waals surface area contributed by atoms with Crippen molar-refractivity contribution in [2.24, 2.45) is 0 Å². The van der Waals surface area contributed by atoms with Crippen LogP contribution in [0.3, 0.4) is 0 Å². The van der Waals surface area contributed by atoms with Crippen molar-refractivity contribution in [2.75, 3.05) is 11.9 Å². The van der Waals surface area contributed by atoms with E-state index in [0.29, 0.717) is 6.54 Å². The summed E-state index contributed by atoms with van der Waals surface area (Å²) in [6.45, 7) is 2.35. The average Bonchev–Trinajstić information content (AvgIpc) is 3.00. The van der Waals surface area contributed by atoms with Crippen molar-refractivity contribution in [1.82, 2.24) is 14.6 Å². The average molecular weight is 318 g/mol. The van der Waals surface area contributed by atoms with Gasteiger partial charge in [-0.15, -0.1) is 0 Å². The number of aliphatic hydroxyl groups is 1. The summed E-state index contributed by atoms with van der Waals surface area (Å²) in [5, 5.41) is 19.1. The highest BCUT2D eigenvalue weighted by atomic mass is 16.3. The van der Waals surface area contributed by atoms with Crippen LogP contribution in [0.4, 0.5) is 5.82 Å². The smallest absolute Gasteiger partial charge is 0.158 e. The number of fused-ring (bicyclic) bond motifs is 3. The van der Waals surface area contributed by atoms with Gasteiger partial charge in [0.1, 0.15) is 5.82 Å². The summed E-state index contributed by atoms with van der Waals surface area (Å²) in [5.41, 5.74) is 3.60. The molecule has 5 nitrogen and oxygen atoms in total. The van der Waals surface area contributed by atoms with Gasteiger partial charge in [-0.05, 0) is 24.6 Å². The van der Waals surface area contributed by atoms with E-state index >= 15 is 0 Å². The zero-order chi connectivity index (χ0) is 16.5. The van der Waals surface area contributed by atoms with Crippen molar-refractivity contribution < 1.29 is 5.11 Å². The number of rotatable bonds is 4. The van der Waals surface area contributed by atoms with Gasteiger partial charge in [0.25, 0.3) is 0 Å². The van der Waals surface area contributed by atoms with E-state index < -0.39 is 6.10 Å². The van der Waals surface area contributed by atoms with E-state index in [1.165, 1.54) is 0 Å². The van der Waals surface area contributed by atoms with E-state index in [9.17, 15) is 5.11 Å². The molecule has 120 valence electrons. The first-order chi connectivity index (χ1) is 11.7. The largest absolute Gasteiger partial charge is 0.387 e. The SMILES string of the molecule is Cc1cc2nc(NC[C@@H](O)c3ccccc3)c3ccccc3n2n1. The van der Waals surface area contributed by atoms with Crippen LogP contribution in [-0.4, -0.2) is 26.2 Å². The molecular weight excluding hydrogens is 300 g/mol. The summed E-state index contributed by atoms with van der Waals surface area (Å²) in [5.74, 6) is 0.757. The number of hydrogen-bond donors (Lipinski definition) is 2. The summed E-state index contributed by atoms with van der Waals surface area (Å²) in [4.78, 5) is 4.67. The van der Waals surface area contributed by atoms with E-state index in [1.54, 1.807) is 0 Å². The number of nitrogens with zero attached hydrogens (tertiary/aromatic N) is 3. The molecule has 0 aliphatic carbocycles. The van der Waals surface area contributed by atoms with Crippen molar-refractivity contribution >= 4 is 22.4 Å². The minimum absolute atomic E-state index is 0.393. The fraction of sp³-hybridized carbons (Fsp3) is 0.158. The number of aryl methyl sites for hydroxylation is 1. The minimum atomic E-state index is -0.588. The van der Waals surface area contributed by atoms with Crippen molar-refractivity contribution in [1.29, 1.82) is 0 Å². The molecule has 2 aromatic heterocycles. The van der Waals surface area contributed by atoms with Crippen LogP contribution in [0.15, 0.2) is 60.7 Å². The normalized spacial score (nSPS) is 12.6. The highest BCUT2D eigenvalue weighted by Gasteiger charge is 2.12. The molecule has 0 unspecified atom stereocenters. The number of benzene rings is 2. The molecule has 0 saturated heterocycles. The molecule has 24 heavy (non-hydrogen) atoms. The molecule has 0 amide bonds.